The summed E-state index contributed by atoms with van der Waals surface area (Å²) in [7, 11) is 0. The number of hydrogen-bond donors (Lipinski definition) is 1. The van der Waals surface area contributed by atoms with Gasteiger partial charge in [0.25, 0.3) is 0 Å². The molecule has 1 heterocycles. The van der Waals surface area contributed by atoms with Gasteiger partial charge in [-0.1, -0.05) is 41.9 Å². The zero-order chi connectivity index (χ0) is 15.1. The number of nitrogens with one attached hydrogen (secondary N) is 1. The highest BCUT2D eigenvalue weighted by molar-refractivity contribution is 9.10. The van der Waals surface area contributed by atoms with Gasteiger partial charge in [0.15, 0.2) is 0 Å². The van der Waals surface area contributed by atoms with Crippen molar-refractivity contribution in [1.82, 2.24) is 10.2 Å². The van der Waals surface area contributed by atoms with Gasteiger partial charge in [-0.05, 0) is 37.4 Å². The number of furan rings is 1. The molecule has 3 nitrogen and oxygen atoms in total. The number of likely N-dealkylation sites (N-methyl/N-ethyl adjacent to an activating group) is 1. The monoisotopic (exact) mass is 422 g/mol. The van der Waals surface area contributed by atoms with Gasteiger partial charge < -0.3 is 14.6 Å². The number of nitrogens with zero attached hydrogens (tertiary/aromatic N) is 1. The van der Waals surface area contributed by atoms with Crippen molar-refractivity contribution in [3.8, 4) is 11.3 Å². The van der Waals surface area contributed by atoms with Crippen LogP contribution in [0.1, 0.15) is 19.6 Å². The maximum atomic E-state index is 5.88. The molecule has 0 saturated heterocycles. The minimum Gasteiger partial charge on any atom is -0.460 e. The number of benzene rings is 1. The van der Waals surface area contributed by atoms with Crippen LogP contribution in [0, 0.1) is 0 Å². The Morgan fingerprint density at radius 2 is 1.65 bits per heavy atom. The van der Waals surface area contributed by atoms with Crippen LogP contribution in [0.2, 0.25) is 0 Å². The predicted molar refractivity (Wildman–Crippen MR) is 106 cm³/mol. The van der Waals surface area contributed by atoms with Crippen molar-refractivity contribution < 1.29 is 4.42 Å². The second kappa shape index (κ2) is 11.9. The molecule has 1 aromatic carbocycles. The van der Waals surface area contributed by atoms with Gasteiger partial charge in [0, 0.05) is 23.1 Å². The van der Waals surface area contributed by atoms with E-state index in [4.69, 9.17) is 4.42 Å². The summed E-state index contributed by atoms with van der Waals surface area (Å²) in [6.45, 7) is 9.43. The molecule has 0 saturated carbocycles. The minimum atomic E-state index is 0. The molecule has 0 aliphatic rings. The number of rotatable bonds is 8. The highest BCUT2D eigenvalue weighted by Crippen LogP contribution is 2.23. The van der Waals surface area contributed by atoms with Crippen LogP contribution in [0.3, 0.4) is 0 Å². The van der Waals surface area contributed by atoms with E-state index in [1.54, 1.807) is 0 Å². The molecule has 0 fully saturated rings. The minimum absolute atomic E-state index is 0. The molecule has 2 rings (SSSR count). The lowest BCUT2D eigenvalue weighted by atomic mass is 10.2. The first-order valence-electron chi connectivity index (χ1n) is 7.50. The van der Waals surface area contributed by atoms with E-state index < -0.39 is 0 Å². The van der Waals surface area contributed by atoms with Crippen LogP contribution in [0.25, 0.3) is 11.3 Å². The highest BCUT2D eigenvalue weighted by atomic mass is 79.9. The molecule has 130 valence electrons. The molecule has 6 heteroatoms. The summed E-state index contributed by atoms with van der Waals surface area (Å²) in [6.07, 6.45) is 0. The summed E-state index contributed by atoms with van der Waals surface area (Å²) in [6, 6.07) is 12.2. The zero-order valence-corrected chi connectivity index (χ0v) is 16.8. The summed E-state index contributed by atoms with van der Waals surface area (Å²) in [5, 5.41) is 3.43. The first-order chi connectivity index (χ1) is 10.2. The molecule has 1 N–H and O–H groups in total. The molecule has 0 radical (unpaired) electrons. The van der Waals surface area contributed by atoms with Crippen molar-refractivity contribution in [2.24, 2.45) is 0 Å². The molecule has 0 aliphatic heterocycles. The SMILES string of the molecule is CCN(CC)CCNCc1ccc(-c2ccc(Br)cc2)o1.Cl.Cl. The summed E-state index contributed by atoms with van der Waals surface area (Å²) < 4.78 is 6.96. The van der Waals surface area contributed by atoms with Gasteiger partial charge >= 0.3 is 0 Å². The van der Waals surface area contributed by atoms with E-state index in [1.807, 2.05) is 24.3 Å². The molecule has 0 unspecified atom stereocenters. The fourth-order valence-electron chi connectivity index (χ4n) is 2.23. The van der Waals surface area contributed by atoms with E-state index in [0.717, 1.165) is 54.3 Å². The molecule has 23 heavy (non-hydrogen) atoms. The van der Waals surface area contributed by atoms with Crippen LogP contribution in [-0.2, 0) is 6.54 Å². The van der Waals surface area contributed by atoms with Gasteiger partial charge in [-0.25, -0.2) is 0 Å². The second-order valence-electron chi connectivity index (χ2n) is 4.98. The fraction of sp³-hybridized carbons (Fsp3) is 0.412. The average molecular weight is 424 g/mol. The van der Waals surface area contributed by atoms with E-state index in [2.05, 4.69) is 52.1 Å². The summed E-state index contributed by atoms with van der Waals surface area (Å²) in [5.41, 5.74) is 1.10. The van der Waals surface area contributed by atoms with Crippen molar-refractivity contribution in [3.63, 3.8) is 0 Å². The van der Waals surface area contributed by atoms with Crippen LogP contribution in [-0.4, -0.2) is 31.1 Å². The standard InChI is InChI=1S/C17H23BrN2O.2ClH/c1-3-20(4-2)12-11-19-13-16-9-10-17(21-16)14-5-7-15(18)8-6-14;;/h5-10,19H,3-4,11-13H2,1-2H3;2*1H. The van der Waals surface area contributed by atoms with Gasteiger partial charge in [-0.3, -0.25) is 0 Å². The van der Waals surface area contributed by atoms with Crippen LogP contribution < -0.4 is 5.32 Å². The van der Waals surface area contributed by atoms with Crippen molar-refractivity contribution >= 4 is 40.7 Å². The van der Waals surface area contributed by atoms with E-state index in [9.17, 15) is 0 Å². The van der Waals surface area contributed by atoms with E-state index >= 15 is 0 Å². The topological polar surface area (TPSA) is 28.4 Å². The second-order valence-corrected chi connectivity index (χ2v) is 5.89. The maximum absolute atomic E-state index is 5.88. The van der Waals surface area contributed by atoms with Crippen molar-refractivity contribution in [2.45, 2.75) is 20.4 Å². The Morgan fingerprint density at radius 3 is 2.26 bits per heavy atom. The van der Waals surface area contributed by atoms with Gasteiger partial charge in [0.2, 0.25) is 0 Å². The third-order valence-corrected chi connectivity index (χ3v) is 4.12. The Hall–Kier alpha value is -0.520. The Labute approximate surface area is 159 Å². The number of hydrogen-bond acceptors (Lipinski definition) is 3. The first kappa shape index (κ1) is 22.5. The van der Waals surface area contributed by atoms with E-state index in [1.165, 1.54) is 0 Å². The van der Waals surface area contributed by atoms with Crippen LogP contribution in [0.5, 0.6) is 0 Å². The summed E-state index contributed by atoms with van der Waals surface area (Å²) in [5.74, 6) is 1.90. The van der Waals surface area contributed by atoms with Crippen molar-refractivity contribution in [1.29, 1.82) is 0 Å². The van der Waals surface area contributed by atoms with Gasteiger partial charge in [0.1, 0.15) is 11.5 Å². The van der Waals surface area contributed by atoms with Crippen LogP contribution in [0.15, 0.2) is 45.3 Å². The normalized spacial score (nSPS) is 10.3. The van der Waals surface area contributed by atoms with Gasteiger partial charge in [-0.2, -0.15) is 0 Å². The van der Waals surface area contributed by atoms with Crippen LogP contribution >= 0.6 is 40.7 Å². The summed E-state index contributed by atoms with van der Waals surface area (Å²) in [4.78, 5) is 2.41. The van der Waals surface area contributed by atoms with Gasteiger partial charge in [-0.15, -0.1) is 24.8 Å². The molecule has 0 amide bonds. The highest BCUT2D eigenvalue weighted by Gasteiger charge is 2.05. The Balaban J connectivity index is 0.00000242. The Bertz CT molecular complexity index is 542. The first-order valence-corrected chi connectivity index (χ1v) is 8.30. The van der Waals surface area contributed by atoms with Gasteiger partial charge in [0.05, 0.1) is 6.54 Å². The molecule has 0 spiro atoms. The molecule has 2 aromatic rings. The molecule has 0 aliphatic carbocycles. The third-order valence-electron chi connectivity index (χ3n) is 3.59. The summed E-state index contributed by atoms with van der Waals surface area (Å²) >= 11 is 3.44. The largest absolute Gasteiger partial charge is 0.460 e. The lowest BCUT2D eigenvalue weighted by molar-refractivity contribution is 0.300. The third kappa shape index (κ3) is 7.27. The lowest BCUT2D eigenvalue weighted by Gasteiger charge is -2.17. The van der Waals surface area contributed by atoms with Crippen molar-refractivity contribution in [2.75, 3.05) is 26.2 Å². The van der Waals surface area contributed by atoms with E-state index in [-0.39, 0.29) is 24.8 Å². The maximum Gasteiger partial charge on any atom is 0.134 e. The molecular weight excluding hydrogens is 399 g/mol. The average Bonchev–Trinajstić information content (AvgIpc) is 2.97. The van der Waals surface area contributed by atoms with Crippen LogP contribution in [0.4, 0.5) is 0 Å². The smallest absolute Gasteiger partial charge is 0.134 e. The molecule has 0 bridgehead atoms. The van der Waals surface area contributed by atoms with E-state index in [0.29, 0.717) is 0 Å². The lowest BCUT2D eigenvalue weighted by Crippen LogP contribution is -2.31. The zero-order valence-electron chi connectivity index (χ0n) is 13.5. The Morgan fingerprint density at radius 1 is 1.00 bits per heavy atom. The fourth-order valence-corrected chi connectivity index (χ4v) is 2.50. The molecular formula is C17H25BrCl2N2O. The molecule has 1 aromatic heterocycles. The van der Waals surface area contributed by atoms with Crippen molar-refractivity contribution in [3.05, 3.63) is 46.6 Å². The quantitative estimate of drug-likeness (QED) is 0.606. The number of halogens is 3. The molecule has 0 atom stereocenters. The Kier molecular flexibility index (Phi) is 11.7. The predicted octanol–water partition coefficient (Wildman–Crippen LogP) is 4.98.